The van der Waals surface area contributed by atoms with Gasteiger partial charge in [0, 0.05) is 12.1 Å². The molecular weight excluding hydrogens is 508 g/mol. The Labute approximate surface area is 201 Å². The first kappa shape index (κ1) is 25.4. The summed E-state index contributed by atoms with van der Waals surface area (Å²) in [6.07, 6.45) is -7.91. The zero-order chi connectivity index (χ0) is 26.4. The minimum atomic E-state index is -4.88. The summed E-state index contributed by atoms with van der Waals surface area (Å²) in [6.45, 7) is 0. The monoisotopic (exact) mass is 526 g/mol. The van der Waals surface area contributed by atoms with Crippen molar-refractivity contribution >= 4 is 27.3 Å². The van der Waals surface area contributed by atoms with E-state index in [1.807, 2.05) is 0 Å². The van der Waals surface area contributed by atoms with E-state index in [0.29, 0.717) is 5.56 Å². The number of carboxylic acids is 1. The molecule has 4 rings (SSSR count). The summed E-state index contributed by atoms with van der Waals surface area (Å²) in [7, 11) is -4.88. The van der Waals surface area contributed by atoms with E-state index in [1.165, 1.54) is 24.3 Å². The van der Waals surface area contributed by atoms with Crippen LogP contribution < -0.4 is 14.3 Å². The smallest absolute Gasteiger partial charge is 0.446 e. The van der Waals surface area contributed by atoms with Crippen molar-refractivity contribution in [3.8, 4) is 28.4 Å². The highest BCUT2D eigenvalue weighted by atomic mass is 32.3. The van der Waals surface area contributed by atoms with Gasteiger partial charge in [0.05, 0.1) is 5.56 Å². The molecule has 5 atom stereocenters. The van der Waals surface area contributed by atoms with Crippen LogP contribution in [0, 0.1) is 0 Å². The Morgan fingerprint density at radius 2 is 1.64 bits per heavy atom. The molecule has 1 fully saturated rings. The number of fused-ring (bicyclic) bond motifs is 1. The molecule has 3 aromatic rings. The van der Waals surface area contributed by atoms with E-state index in [4.69, 9.17) is 23.6 Å². The number of aliphatic hydroxyl groups excluding tert-OH is 3. The first-order valence-corrected chi connectivity index (χ1v) is 11.4. The molecule has 6 N–H and O–H groups in total. The maximum Gasteiger partial charge on any atom is 0.446 e. The average Bonchev–Trinajstić information content (AvgIpc) is 2.78. The lowest BCUT2D eigenvalue weighted by atomic mass is 9.99. The van der Waals surface area contributed by atoms with Crippen LogP contribution in [0.3, 0.4) is 0 Å². The molecule has 0 bridgehead atoms. The zero-order valence-corrected chi connectivity index (χ0v) is 18.6. The van der Waals surface area contributed by atoms with Crippen LogP contribution >= 0.6 is 0 Å². The van der Waals surface area contributed by atoms with Crippen LogP contribution in [0.1, 0.15) is 0 Å². The third-order valence-corrected chi connectivity index (χ3v) is 5.67. The SMILES string of the molecule is O=C(O)[C@H]1O[C@@H](Oc2ccc(-c3coc4cc(OS(=O)(=O)O)cc(O)c4c3=O)cc2)[C@H](O)[C@@H](O)[C@@H]1O. The molecule has 1 aliphatic heterocycles. The van der Waals surface area contributed by atoms with Crippen LogP contribution in [0.4, 0.5) is 0 Å². The normalized spacial score (nSPS) is 24.4. The number of carbonyl (C=O) groups is 1. The van der Waals surface area contributed by atoms with Gasteiger partial charge in [-0.1, -0.05) is 12.1 Å². The molecule has 14 nitrogen and oxygen atoms in total. The van der Waals surface area contributed by atoms with Crippen LogP contribution in [-0.2, 0) is 19.9 Å². The molecule has 1 aliphatic rings. The lowest BCUT2D eigenvalue weighted by molar-refractivity contribution is -0.271. The quantitative estimate of drug-likeness (QED) is 0.225. The Morgan fingerprint density at radius 3 is 2.25 bits per heavy atom. The van der Waals surface area contributed by atoms with Crippen LogP contribution in [0.2, 0.25) is 0 Å². The summed E-state index contributed by atoms with van der Waals surface area (Å²) < 4.78 is 50.6. The minimum Gasteiger partial charge on any atom is -0.507 e. The summed E-state index contributed by atoms with van der Waals surface area (Å²) in [4.78, 5) is 24.1. The molecule has 2 heterocycles. The summed E-state index contributed by atoms with van der Waals surface area (Å²) >= 11 is 0. The molecule has 0 unspecified atom stereocenters. The number of aromatic hydroxyl groups is 1. The molecule has 0 aliphatic carbocycles. The Morgan fingerprint density at radius 1 is 0.972 bits per heavy atom. The van der Waals surface area contributed by atoms with Gasteiger partial charge in [-0.25, -0.2) is 4.79 Å². The molecule has 0 radical (unpaired) electrons. The molecule has 36 heavy (non-hydrogen) atoms. The fourth-order valence-corrected chi connectivity index (χ4v) is 3.91. The number of benzene rings is 2. The van der Waals surface area contributed by atoms with Crippen molar-refractivity contribution in [2.24, 2.45) is 0 Å². The predicted molar refractivity (Wildman–Crippen MR) is 117 cm³/mol. The Bertz CT molecular complexity index is 1460. The van der Waals surface area contributed by atoms with Gasteiger partial charge in [-0.3, -0.25) is 9.35 Å². The number of hydrogen-bond acceptors (Lipinski definition) is 12. The molecule has 15 heteroatoms. The lowest BCUT2D eigenvalue weighted by Gasteiger charge is -2.38. The highest BCUT2D eigenvalue weighted by molar-refractivity contribution is 7.81. The van der Waals surface area contributed by atoms with Crippen molar-refractivity contribution in [2.45, 2.75) is 30.7 Å². The maximum atomic E-state index is 12.9. The first-order valence-electron chi connectivity index (χ1n) is 10.0. The molecule has 1 aromatic heterocycles. The Balaban J connectivity index is 1.59. The Kier molecular flexibility index (Phi) is 6.61. The molecular formula is C21H18O14S. The third kappa shape index (κ3) is 4.97. The maximum absolute atomic E-state index is 12.9. The van der Waals surface area contributed by atoms with Gasteiger partial charge in [0.25, 0.3) is 0 Å². The lowest BCUT2D eigenvalue weighted by Crippen LogP contribution is -2.61. The van der Waals surface area contributed by atoms with Crippen molar-refractivity contribution in [2.75, 3.05) is 0 Å². The van der Waals surface area contributed by atoms with Gasteiger partial charge in [-0.2, -0.15) is 8.42 Å². The molecule has 2 aromatic carbocycles. The van der Waals surface area contributed by atoms with E-state index < -0.39 is 64.0 Å². The number of rotatable bonds is 6. The van der Waals surface area contributed by atoms with Crippen LogP contribution in [0.25, 0.3) is 22.1 Å². The highest BCUT2D eigenvalue weighted by Gasteiger charge is 2.48. The second-order valence-electron chi connectivity index (χ2n) is 7.68. The summed E-state index contributed by atoms with van der Waals surface area (Å²) in [5.74, 6) is -2.68. The van der Waals surface area contributed by atoms with Crippen LogP contribution in [0.5, 0.6) is 17.2 Å². The zero-order valence-electron chi connectivity index (χ0n) is 17.8. The summed E-state index contributed by atoms with van der Waals surface area (Å²) in [6, 6.07) is 7.26. The largest absolute Gasteiger partial charge is 0.507 e. The predicted octanol–water partition coefficient (Wildman–Crippen LogP) is -0.382. The first-order chi connectivity index (χ1) is 16.9. The Hall–Kier alpha value is -3.73. The van der Waals surface area contributed by atoms with Gasteiger partial charge in [0.2, 0.25) is 11.7 Å². The number of ether oxygens (including phenoxy) is 2. The minimum absolute atomic E-state index is 0.00812. The van der Waals surface area contributed by atoms with Gasteiger partial charge in [0.1, 0.15) is 47.0 Å². The van der Waals surface area contributed by atoms with E-state index in [0.717, 1.165) is 18.4 Å². The van der Waals surface area contributed by atoms with E-state index in [1.54, 1.807) is 0 Å². The molecule has 192 valence electrons. The number of aliphatic hydroxyl groups is 3. The standard InChI is InChI=1S/C21H18O14S/c22-12-5-10(35-36(29,30)31)6-13-14(12)15(23)11(7-32-13)8-1-3-9(4-2-8)33-21-18(26)16(24)17(25)19(34-21)20(27)28/h1-7,16-19,21-22,24-26H,(H,27,28)(H,29,30,31)/t16-,17-,18+,19-,21+/m0/s1. The highest BCUT2D eigenvalue weighted by Crippen LogP contribution is 2.32. The molecule has 0 saturated carbocycles. The van der Waals surface area contributed by atoms with Crippen molar-refractivity contribution in [1.29, 1.82) is 0 Å². The van der Waals surface area contributed by atoms with Gasteiger partial charge in [-0.15, -0.1) is 0 Å². The topological polar surface area (TPSA) is 230 Å². The molecule has 0 amide bonds. The number of hydrogen-bond donors (Lipinski definition) is 6. The summed E-state index contributed by atoms with van der Waals surface area (Å²) in [5.41, 5.74) is -0.626. The van der Waals surface area contributed by atoms with E-state index in [9.17, 15) is 38.4 Å². The fraction of sp³-hybridized carbons (Fsp3) is 0.238. The van der Waals surface area contributed by atoms with E-state index in [2.05, 4.69) is 4.18 Å². The van der Waals surface area contributed by atoms with Crippen LogP contribution in [0.15, 0.2) is 51.9 Å². The molecule has 1 saturated heterocycles. The van der Waals surface area contributed by atoms with Crippen molar-refractivity contribution in [3.05, 3.63) is 52.9 Å². The average molecular weight is 526 g/mol. The van der Waals surface area contributed by atoms with E-state index >= 15 is 0 Å². The molecule has 0 spiro atoms. The van der Waals surface area contributed by atoms with Gasteiger partial charge in [-0.05, 0) is 17.7 Å². The number of phenolic OH excluding ortho intramolecular Hbond substituents is 1. The van der Waals surface area contributed by atoms with Gasteiger partial charge < -0.3 is 43.6 Å². The van der Waals surface area contributed by atoms with E-state index in [-0.39, 0.29) is 22.3 Å². The van der Waals surface area contributed by atoms with Crippen molar-refractivity contribution in [3.63, 3.8) is 0 Å². The fourth-order valence-electron chi connectivity index (χ4n) is 3.57. The van der Waals surface area contributed by atoms with Crippen molar-refractivity contribution < 1.29 is 61.4 Å². The van der Waals surface area contributed by atoms with Gasteiger partial charge >= 0.3 is 16.4 Å². The third-order valence-electron chi connectivity index (χ3n) is 5.26. The summed E-state index contributed by atoms with van der Waals surface area (Å²) in [5, 5.41) is 48.7. The van der Waals surface area contributed by atoms with Crippen LogP contribution in [-0.4, -0.2) is 75.2 Å². The van der Waals surface area contributed by atoms with Crippen molar-refractivity contribution in [1.82, 2.24) is 0 Å². The van der Waals surface area contributed by atoms with Gasteiger partial charge in [0.15, 0.2) is 11.9 Å². The number of carboxylic acid groups (broad SMARTS) is 1. The second-order valence-corrected chi connectivity index (χ2v) is 8.70. The number of phenols is 1. The number of aliphatic carboxylic acids is 1. The second kappa shape index (κ2) is 9.38.